The van der Waals surface area contributed by atoms with Gasteiger partial charge in [-0.3, -0.25) is 23.4 Å². The van der Waals surface area contributed by atoms with E-state index in [1.54, 1.807) is 0 Å². The fourth-order valence-corrected chi connectivity index (χ4v) is 7.72. The van der Waals surface area contributed by atoms with Gasteiger partial charge in [-0.05, 0) is 38.5 Å². The predicted octanol–water partition coefficient (Wildman–Crippen LogP) is 13.2. The molecule has 0 aliphatic rings. The largest absolute Gasteiger partial charge is 0.480 e. The number of rotatable bonds is 46. The van der Waals surface area contributed by atoms with E-state index in [4.69, 9.17) is 24.8 Å². The van der Waals surface area contributed by atoms with E-state index >= 15 is 0 Å². The van der Waals surface area contributed by atoms with Gasteiger partial charge in [0.25, 0.3) is 0 Å². The van der Waals surface area contributed by atoms with Gasteiger partial charge < -0.3 is 25.2 Å². The SMILES string of the molecule is CCCCCCCCCC/C=C\CCCCCCCCCCCCCC(=O)OC(COC(=O)CCCCCCCCCCCCCC)COP(=O)(O)OCC(N)C(=O)O. The number of hydrogen-bond acceptors (Lipinski definition) is 9. The van der Waals surface area contributed by atoms with Crippen molar-refractivity contribution in [3.05, 3.63) is 12.2 Å². The van der Waals surface area contributed by atoms with E-state index < -0.39 is 51.1 Å². The second-order valence-corrected chi connectivity index (χ2v) is 18.1. The molecule has 0 aromatic carbocycles. The Morgan fingerprint density at radius 2 is 0.847 bits per heavy atom. The van der Waals surface area contributed by atoms with Gasteiger partial charge in [-0.15, -0.1) is 0 Å². The molecule has 0 saturated heterocycles. The second kappa shape index (κ2) is 42.9. The van der Waals surface area contributed by atoms with Crippen LogP contribution < -0.4 is 5.73 Å². The molecule has 0 radical (unpaired) electrons. The number of unbranched alkanes of at least 4 members (excludes halogenated alkanes) is 30. The van der Waals surface area contributed by atoms with Gasteiger partial charge in [0.15, 0.2) is 6.10 Å². The predicted molar refractivity (Wildman–Crippen MR) is 240 cm³/mol. The Kier molecular flexibility index (Phi) is 41.6. The molecule has 0 rings (SSSR count). The van der Waals surface area contributed by atoms with Crippen molar-refractivity contribution in [3.8, 4) is 0 Å². The maximum absolute atomic E-state index is 12.7. The molecule has 0 amide bonds. The van der Waals surface area contributed by atoms with Gasteiger partial charge in [0.05, 0.1) is 13.2 Å². The number of hydrogen-bond donors (Lipinski definition) is 3. The van der Waals surface area contributed by atoms with Crippen molar-refractivity contribution in [2.45, 2.75) is 251 Å². The lowest BCUT2D eigenvalue weighted by Crippen LogP contribution is -2.34. The third kappa shape index (κ3) is 42.7. The number of carbonyl (C=O) groups is 3. The maximum atomic E-state index is 12.7. The number of carbonyl (C=O) groups excluding carboxylic acids is 2. The van der Waals surface area contributed by atoms with Crippen LogP contribution in [0.4, 0.5) is 0 Å². The van der Waals surface area contributed by atoms with Crippen LogP contribution in [-0.2, 0) is 37.5 Å². The number of ether oxygens (including phenoxy) is 2. The lowest BCUT2D eigenvalue weighted by atomic mass is 10.0. The van der Waals surface area contributed by atoms with Crippen molar-refractivity contribution in [2.24, 2.45) is 5.73 Å². The zero-order valence-corrected chi connectivity index (χ0v) is 38.8. The standard InChI is InChI=1S/C47H90NO10P/c1-3-5-7-9-11-13-15-17-18-19-20-21-22-23-24-25-26-27-29-31-33-35-37-39-46(50)58-43(41-56-59(53,54)57-42-44(48)47(51)52)40-55-45(49)38-36-34-32-30-28-16-14-12-10-8-6-4-2/h19-20,43-44H,3-18,21-42,48H2,1-2H3,(H,51,52)(H,53,54)/b20-19-. The first-order valence-electron chi connectivity index (χ1n) is 24.2. The van der Waals surface area contributed by atoms with Crippen LogP contribution in [0.5, 0.6) is 0 Å². The molecule has 0 heterocycles. The van der Waals surface area contributed by atoms with Crippen LogP contribution in [0, 0.1) is 0 Å². The van der Waals surface area contributed by atoms with Gasteiger partial charge in [0.2, 0.25) is 0 Å². The van der Waals surface area contributed by atoms with Gasteiger partial charge >= 0.3 is 25.7 Å². The van der Waals surface area contributed by atoms with E-state index in [0.717, 1.165) is 38.5 Å². The number of aliphatic carboxylic acids is 1. The third-order valence-corrected chi connectivity index (χ3v) is 11.7. The topological polar surface area (TPSA) is 172 Å². The van der Waals surface area contributed by atoms with Gasteiger partial charge in [0.1, 0.15) is 12.6 Å². The Morgan fingerprint density at radius 1 is 0.508 bits per heavy atom. The quantitative estimate of drug-likeness (QED) is 0.0230. The summed E-state index contributed by atoms with van der Waals surface area (Å²) in [5.41, 5.74) is 5.34. The average Bonchev–Trinajstić information content (AvgIpc) is 3.21. The summed E-state index contributed by atoms with van der Waals surface area (Å²) in [6.07, 6.45) is 44.2. The molecule has 0 aliphatic heterocycles. The van der Waals surface area contributed by atoms with Crippen LogP contribution in [-0.4, -0.2) is 59.9 Å². The number of esters is 2. The van der Waals surface area contributed by atoms with Gasteiger partial charge in [-0.1, -0.05) is 199 Å². The Bertz CT molecular complexity index is 1060. The number of carboxylic acid groups (broad SMARTS) is 1. The van der Waals surface area contributed by atoms with Crippen molar-refractivity contribution in [1.29, 1.82) is 0 Å². The number of phosphoric acid groups is 1. The number of carboxylic acids is 1. The van der Waals surface area contributed by atoms with E-state index in [1.807, 2.05) is 0 Å². The average molecular weight is 860 g/mol. The van der Waals surface area contributed by atoms with Crippen LogP contribution in [0.1, 0.15) is 239 Å². The summed E-state index contributed by atoms with van der Waals surface area (Å²) in [7, 11) is -4.71. The molecule has 11 nitrogen and oxygen atoms in total. The van der Waals surface area contributed by atoms with E-state index in [1.165, 1.54) is 161 Å². The Hall–Kier alpha value is -1.78. The molecule has 0 spiro atoms. The minimum Gasteiger partial charge on any atom is -0.480 e. The lowest BCUT2D eigenvalue weighted by Gasteiger charge is -2.20. The first-order chi connectivity index (χ1) is 28.6. The van der Waals surface area contributed by atoms with Crippen LogP contribution >= 0.6 is 7.82 Å². The van der Waals surface area contributed by atoms with Crippen molar-refractivity contribution in [1.82, 2.24) is 0 Å². The van der Waals surface area contributed by atoms with E-state index in [-0.39, 0.29) is 19.4 Å². The van der Waals surface area contributed by atoms with Crippen LogP contribution in [0.15, 0.2) is 12.2 Å². The Labute approximate surface area is 360 Å². The molecule has 0 aromatic heterocycles. The third-order valence-electron chi connectivity index (χ3n) is 10.8. The molecular weight excluding hydrogens is 769 g/mol. The van der Waals surface area contributed by atoms with Crippen molar-refractivity contribution in [3.63, 3.8) is 0 Å². The summed E-state index contributed by atoms with van der Waals surface area (Å²) in [6.45, 7) is 2.83. The van der Waals surface area contributed by atoms with Gasteiger partial charge in [-0.25, -0.2) is 4.57 Å². The summed E-state index contributed by atoms with van der Waals surface area (Å²) >= 11 is 0. The van der Waals surface area contributed by atoms with E-state index in [0.29, 0.717) is 12.8 Å². The highest BCUT2D eigenvalue weighted by atomic mass is 31.2. The Morgan fingerprint density at radius 3 is 1.24 bits per heavy atom. The summed E-state index contributed by atoms with van der Waals surface area (Å²) in [5.74, 6) is -2.36. The minimum absolute atomic E-state index is 0.165. The number of allylic oxidation sites excluding steroid dienone is 2. The molecule has 4 N–H and O–H groups in total. The Balaban J connectivity index is 4.19. The minimum atomic E-state index is -4.71. The molecule has 0 aromatic rings. The highest BCUT2D eigenvalue weighted by Crippen LogP contribution is 2.43. The molecule has 0 fully saturated rings. The summed E-state index contributed by atoms with van der Waals surface area (Å²) in [6, 6.07) is -1.52. The molecule has 59 heavy (non-hydrogen) atoms. The lowest BCUT2D eigenvalue weighted by molar-refractivity contribution is -0.161. The smallest absolute Gasteiger partial charge is 0.472 e. The van der Waals surface area contributed by atoms with Crippen molar-refractivity contribution >= 4 is 25.7 Å². The normalized spacial score (nSPS) is 13.7. The maximum Gasteiger partial charge on any atom is 0.472 e. The molecule has 0 bridgehead atoms. The van der Waals surface area contributed by atoms with Crippen molar-refractivity contribution < 1.29 is 47.5 Å². The second-order valence-electron chi connectivity index (χ2n) is 16.6. The fraction of sp³-hybridized carbons (Fsp3) is 0.894. The molecule has 348 valence electrons. The first-order valence-corrected chi connectivity index (χ1v) is 25.7. The van der Waals surface area contributed by atoms with Crippen LogP contribution in [0.25, 0.3) is 0 Å². The highest BCUT2D eigenvalue weighted by Gasteiger charge is 2.28. The highest BCUT2D eigenvalue weighted by molar-refractivity contribution is 7.47. The summed E-state index contributed by atoms with van der Waals surface area (Å²) in [4.78, 5) is 46.0. The number of nitrogens with two attached hydrogens (primary N) is 1. The van der Waals surface area contributed by atoms with Gasteiger partial charge in [0, 0.05) is 12.8 Å². The molecule has 0 saturated carbocycles. The summed E-state index contributed by atoms with van der Waals surface area (Å²) in [5, 5.41) is 8.90. The van der Waals surface area contributed by atoms with Crippen LogP contribution in [0.2, 0.25) is 0 Å². The van der Waals surface area contributed by atoms with E-state index in [2.05, 4.69) is 30.5 Å². The monoisotopic (exact) mass is 860 g/mol. The molecule has 0 aliphatic carbocycles. The van der Waals surface area contributed by atoms with Gasteiger partial charge in [-0.2, -0.15) is 0 Å². The molecule has 12 heteroatoms. The van der Waals surface area contributed by atoms with E-state index in [9.17, 15) is 23.8 Å². The molecular formula is C47H90NO10P. The summed E-state index contributed by atoms with van der Waals surface area (Å²) < 4.78 is 32.8. The molecule has 3 atom stereocenters. The molecule has 3 unspecified atom stereocenters. The first kappa shape index (κ1) is 57.2. The fourth-order valence-electron chi connectivity index (χ4n) is 6.94. The van der Waals surface area contributed by atoms with Crippen LogP contribution in [0.3, 0.4) is 0 Å². The zero-order chi connectivity index (χ0) is 43.5. The zero-order valence-electron chi connectivity index (χ0n) is 37.9. The number of phosphoric ester groups is 1. The van der Waals surface area contributed by atoms with Crippen molar-refractivity contribution in [2.75, 3.05) is 19.8 Å².